The Labute approximate surface area is 153 Å². The van der Waals surface area contributed by atoms with Gasteiger partial charge < -0.3 is 14.6 Å². The second-order valence-corrected chi connectivity index (χ2v) is 7.51. The molecule has 0 bridgehead atoms. The predicted molar refractivity (Wildman–Crippen MR) is 95.9 cm³/mol. The molecular weight excluding hydrogens is 357 g/mol. The highest BCUT2D eigenvalue weighted by Gasteiger charge is 2.43. The van der Waals surface area contributed by atoms with Crippen LogP contribution in [-0.2, 0) is 4.79 Å². The van der Waals surface area contributed by atoms with Gasteiger partial charge in [-0.25, -0.2) is 13.2 Å². The monoisotopic (exact) mass is 376 g/mol. The lowest BCUT2D eigenvalue weighted by molar-refractivity contribution is -0.142. The number of hydrogen-bond acceptors (Lipinski definition) is 2. The summed E-state index contributed by atoms with van der Waals surface area (Å²) in [4.78, 5) is 13.7. The molecule has 1 N–H and O–H groups in total. The van der Waals surface area contributed by atoms with Gasteiger partial charge in [-0.05, 0) is 50.2 Å². The molecule has 1 saturated heterocycles. The van der Waals surface area contributed by atoms with Crippen LogP contribution < -0.4 is 0 Å². The SMILES string of the molecule is CC(C)(O)[C@H](N1CC[C@H](F)C1=O)n1c2ccc(F)cc2c2cc(F)ccc21. The van der Waals surface area contributed by atoms with Crippen LogP contribution in [-0.4, -0.2) is 38.8 Å². The van der Waals surface area contributed by atoms with Crippen molar-refractivity contribution < 1.29 is 23.1 Å². The summed E-state index contributed by atoms with van der Waals surface area (Å²) in [6, 6.07) is 8.15. The van der Waals surface area contributed by atoms with Gasteiger partial charge >= 0.3 is 0 Å². The molecule has 1 amide bonds. The van der Waals surface area contributed by atoms with E-state index in [1.807, 2.05) is 0 Å². The van der Waals surface area contributed by atoms with E-state index in [0.717, 1.165) is 0 Å². The van der Waals surface area contributed by atoms with Crippen molar-refractivity contribution in [2.24, 2.45) is 0 Å². The Bertz CT molecular complexity index is 995. The minimum atomic E-state index is -1.61. The van der Waals surface area contributed by atoms with Crippen LogP contribution in [0.25, 0.3) is 21.8 Å². The van der Waals surface area contributed by atoms with Gasteiger partial charge in [0.15, 0.2) is 6.17 Å². The van der Waals surface area contributed by atoms with Crippen LogP contribution in [0.4, 0.5) is 13.2 Å². The predicted octanol–water partition coefficient (Wildman–Crippen LogP) is 3.91. The highest BCUT2D eigenvalue weighted by molar-refractivity contribution is 6.08. The second kappa shape index (κ2) is 5.99. The van der Waals surface area contributed by atoms with E-state index in [1.54, 1.807) is 4.57 Å². The lowest BCUT2D eigenvalue weighted by atomic mass is 10.0. The lowest BCUT2D eigenvalue weighted by Crippen LogP contribution is -2.47. The number of nitrogens with zero attached hydrogens (tertiary/aromatic N) is 2. The maximum atomic E-state index is 13.9. The topological polar surface area (TPSA) is 45.5 Å². The molecule has 4 rings (SSSR count). The fraction of sp³-hybridized carbons (Fsp3) is 0.350. The number of amides is 1. The van der Waals surface area contributed by atoms with E-state index in [9.17, 15) is 23.1 Å². The Morgan fingerprint density at radius 1 is 1.07 bits per heavy atom. The minimum Gasteiger partial charge on any atom is -0.386 e. The summed E-state index contributed by atoms with van der Waals surface area (Å²) >= 11 is 0. The van der Waals surface area contributed by atoms with Gasteiger partial charge in [0.25, 0.3) is 5.91 Å². The van der Waals surface area contributed by atoms with Crippen molar-refractivity contribution in [3.63, 3.8) is 0 Å². The van der Waals surface area contributed by atoms with E-state index in [0.29, 0.717) is 21.8 Å². The zero-order valence-corrected chi connectivity index (χ0v) is 14.9. The zero-order valence-electron chi connectivity index (χ0n) is 14.9. The number of benzene rings is 2. The Hall–Kier alpha value is -2.54. The van der Waals surface area contributed by atoms with Crippen molar-refractivity contribution in [2.45, 2.75) is 38.2 Å². The first-order valence-electron chi connectivity index (χ1n) is 8.74. The van der Waals surface area contributed by atoms with Crippen molar-refractivity contribution in [1.29, 1.82) is 0 Å². The summed E-state index contributed by atoms with van der Waals surface area (Å²) in [6.07, 6.45) is -2.49. The highest BCUT2D eigenvalue weighted by atomic mass is 19.1. The third-order valence-corrected chi connectivity index (χ3v) is 5.07. The third-order valence-electron chi connectivity index (χ3n) is 5.07. The molecule has 1 aliphatic rings. The standard InChI is InChI=1S/C20H19F3N2O2/c1-20(2,27)19(24-8-7-15(23)18(24)26)25-16-5-3-11(21)9-13(16)14-10-12(22)4-6-17(14)25/h3-6,9-10,15,19,27H,7-8H2,1-2H3/t15-,19+/m0/s1. The lowest BCUT2D eigenvalue weighted by Gasteiger charge is -2.38. The molecule has 2 atom stereocenters. The number of rotatable bonds is 3. The number of aromatic nitrogens is 1. The van der Waals surface area contributed by atoms with Gasteiger partial charge in [0.2, 0.25) is 0 Å². The Morgan fingerprint density at radius 2 is 1.59 bits per heavy atom. The molecule has 0 unspecified atom stereocenters. The number of hydrogen-bond donors (Lipinski definition) is 1. The van der Waals surface area contributed by atoms with Crippen LogP contribution in [0.3, 0.4) is 0 Å². The molecule has 0 spiro atoms. The Kier molecular flexibility index (Phi) is 3.96. The van der Waals surface area contributed by atoms with Crippen molar-refractivity contribution in [3.05, 3.63) is 48.0 Å². The molecule has 2 heterocycles. The van der Waals surface area contributed by atoms with Gasteiger partial charge in [-0.1, -0.05) is 0 Å². The fourth-order valence-electron chi connectivity index (χ4n) is 4.01. The van der Waals surface area contributed by atoms with Crippen LogP contribution in [0.5, 0.6) is 0 Å². The summed E-state index contributed by atoms with van der Waals surface area (Å²) in [5.74, 6) is -1.65. The maximum Gasteiger partial charge on any atom is 0.258 e. The molecule has 4 nitrogen and oxygen atoms in total. The molecule has 0 radical (unpaired) electrons. The average Bonchev–Trinajstić information content (AvgIpc) is 3.06. The normalized spacial score (nSPS) is 19.4. The molecule has 142 valence electrons. The van der Waals surface area contributed by atoms with E-state index < -0.39 is 35.5 Å². The van der Waals surface area contributed by atoms with Crippen LogP contribution >= 0.6 is 0 Å². The van der Waals surface area contributed by atoms with E-state index in [4.69, 9.17) is 0 Å². The molecular formula is C20H19F3N2O2. The largest absolute Gasteiger partial charge is 0.386 e. The Balaban J connectivity index is 2.06. The molecule has 0 aliphatic carbocycles. The highest BCUT2D eigenvalue weighted by Crippen LogP contribution is 2.39. The number of likely N-dealkylation sites (tertiary alicyclic amines) is 1. The Morgan fingerprint density at radius 3 is 2.00 bits per heavy atom. The van der Waals surface area contributed by atoms with Crippen molar-refractivity contribution >= 4 is 27.7 Å². The minimum absolute atomic E-state index is 0.0474. The van der Waals surface area contributed by atoms with E-state index in [-0.39, 0.29) is 13.0 Å². The first kappa shape index (κ1) is 17.9. The smallest absolute Gasteiger partial charge is 0.258 e. The summed E-state index contributed by atoms with van der Waals surface area (Å²) in [6.45, 7) is 3.21. The first-order valence-corrected chi connectivity index (χ1v) is 8.74. The number of carbonyl (C=O) groups is 1. The van der Waals surface area contributed by atoms with Crippen molar-refractivity contribution in [1.82, 2.24) is 9.47 Å². The third kappa shape index (κ3) is 2.77. The van der Waals surface area contributed by atoms with Crippen molar-refractivity contribution in [3.8, 4) is 0 Å². The zero-order chi connectivity index (χ0) is 19.5. The number of aliphatic hydroxyl groups is 1. The summed E-state index contributed by atoms with van der Waals surface area (Å²) in [5.41, 5.74) is -0.375. The number of carbonyl (C=O) groups excluding carboxylic acids is 1. The van der Waals surface area contributed by atoms with Gasteiger partial charge in [0.05, 0.1) is 16.6 Å². The van der Waals surface area contributed by atoms with Crippen LogP contribution in [0.1, 0.15) is 26.4 Å². The van der Waals surface area contributed by atoms with Gasteiger partial charge in [-0.3, -0.25) is 4.79 Å². The first-order chi connectivity index (χ1) is 12.7. The summed E-state index contributed by atoms with van der Waals surface area (Å²) in [5, 5.41) is 11.8. The average molecular weight is 376 g/mol. The van der Waals surface area contributed by atoms with Crippen molar-refractivity contribution in [2.75, 3.05) is 6.54 Å². The van der Waals surface area contributed by atoms with Gasteiger partial charge in [0, 0.05) is 23.7 Å². The van der Waals surface area contributed by atoms with Gasteiger partial charge in [0.1, 0.15) is 17.8 Å². The van der Waals surface area contributed by atoms with Crippen LogP contribution in [0, 0.1) is 11.6 Å². The van der Waals surface area contributed by atoms with Gasteiger partial charge in [-0.2, -0.15) is 0 Å². The number of alkyl halides is 1. The second-order valence-electron chi connectivity index (χ2n) is 7.51. The van der Waals surface area contributed by atoms with E-state index in [2.05, 4.69) is 0 Å². The fourth-order valence-corrected chi connectivity index (χ4v) is 4.01. The molecule has 2 aromatic carbocycles. The summed E-state index contributed by atoms with van der Waals surface area (Å²) in [7, 11) is 0. The number of fused-ring (bicyclic) bond motifs is 3. The molecule has 1 fully saturated rings. The molecule has 1 aliphatic heterocycles. The molecule has 1 aromatic heterocycles. The molecule has 3 aromatic rings. The van der Waals surface area contributed by atoms with Crippen LogP contribution in [0.2, 0.25) is 0 Å². The number of halogens is 3. The van der Waals surface area contributed by atoms with E-state index in [1.165, 1.54) is 55.1 Å². The van der Waals surface area contributed by atoms with E-state index >= 15 is 0 Å². The molecule has 7 heteroatoms. The maximum absolute atomic E-state index is 13.9. The van der Waals surface area contributed by atoms with Crippen LogP contribution in [0.15, 0.2) is 36.4 Å². The quantitative estimate of drug-likeness (QED) is 0.753. The molecule has 27 heavy (non-hydrogen) atoms. The van der Waals surface area contributed by atoms with Gasteiger partial charge in [-0.15, -0.1) is 0 Å². The summed E-state index contributed by atoms with van der Waals surface area (Å²) < 4.78 is 43.3. The molecule has 0 saturated carbocycles.